The summed E-state index contributed by atoms with van der Waals surface area (Å²) >= 11 is 0. The SMILES string of the molecule is COc1ccc(N=Nc2ccc(O)c3ccccc23)cc1. The van der Waals surface area contributed by atoms with Crippen LogP contribution in [-0.4, -0.2) is 12.2 Å². The molecule has 0 aliphatic heterocycles. The maximum absolute atomic E-state index is 9.85. The van der Waals surface area contributed by atoms with E-state index in [9.17, 15) is 5.11 Å². The van der Waals surface area contributed by atoms with E-state index in [2.05, 4.69) is 10.2 Å². The fraction of sp³-hybridized carbons (Fsp3) is 0.0588. The molecule has 0 spiro atoms. The largest absolute Gasteiger partial charge is 0.507 e. The maximum Gasteiger partial charge on any atom is 0.123 e. The van der Waals surface area contributed by atoms with Crippen molar-refractivity contribution in [3.63, 3.8) is 0 Å². The van der Waals surface area contributed by atoms with Crippen LogP contribution in [0.5, 0.6) is 11.5 Å². The highest BCUT2D eigenvalue weighted by Crippen LogP contribution is 2.33. The Balaban J connectivity index is 1.97. The first-order valence-electron chi connectivity index (χ1n) is 6.54. The highest BCUT2D eigenvalue weighted by atomic mass is 16.5. The van der Waals surface area contributed by atoms with Gasteiger partial charge in [0.05, 0.1) is 18.5 Å². The number of hydrogen-bond acceptors (Lipinski definition) is 4. The number of phenolic OH excluding ortho intramolecular Hbond substituents is 1. The fourth-order valence-electron chi connectivity index (χ4n) is 2.11. The molecule has 1 N–H and O–H groups in total. The van der Waals surface area contributed by atoms with Crippen LogP contribution >= 0.6 is 0 Å². The minimum Gasteiger partial charge on any atom is -0.507 e. The Morgan fingerprint density at radius 2 is 1.52 bits per heavy atom. The van der Waals surface area contributed by atoms with Crippen LogP contribution in [0.25, 0.3) is 10.8 Å². The first-order valence-corrected chi connectivity index (χ1v) is 6.54. The number of ether oxygens (including phenoxy) is 1. The molecule has 0 aromatic heterocycles. The van der Waals surface area contributed by atoms with E-state index >= 15 is 0 Å². The van der Waals surface area contributed by atoms with Gasteiger partial charge in [0, 0.05) is 10.8 Å². The molecule has 0 saturated carbocycles. The minimum atomic E-state index is 0.244. The molecular formula is C17H14N2O2. The molecule has 21 heavy (non-hydrogen) atoms. The molecule has 0 heterocycles. The predicted molar refractivity (Wildman–Crippen MR) is 82.8 cm³/mol. The summed E-state index contributed by atoms with van der Waals surface area (Å²) in [6, 6.07) is 18.3. The van der Waals surface area contributed by atoms with Crippen molar-refractivity contribution >= 4 is 22.1 Å². The quantitative estimate of drug-likeness (QED) is 0.688. The van der Waals surface area contributed by atoms with Gasteiger partial charge in [-0.3, -0.25) is 0 Å². The third-order valence-corrected chi connectivity index (χ3v) is 3.22. The van der Waals surface area contributed by atoms with Gasteiger partial charge in [0.1, 0.15) is 11.5 Å². The van der Waals surface area contributed by atoms with E-state index in [1.807, 2.05) is 48.5 Å². The van der Waals surface area contributed by atoms with Crippen LogP contribution in [0.3, 0.4) is 0 Å². The lowest BCUT2D eigenvalue weighted by molar-refractivity contribution is 0.415. The number of aromatic hydroxyl groups is 1. The summed E-state index contributed by atoms with van der Waals surface area (Å²) in [6.45, 7) is 0. The van der Waals surface area contributed by atoms with E-state index in [0.717, 1.165) is 27.9 Å². The van der Waals surface area contributed by atoms with Gasteiger partial charge in [0.2, 0.25) is 0 Å². The smallest absolute Gasteiger partial charge is 0.123 e. The number of nitrogens with zero attached hydrogens (tertiary/aromatic N) is 2. The van der Waals surface area contributed by atoms with Crippen LogP contribution in [0, 0.1) is 0 Å². The Morgan fingerprint density at radius 1 is 0.810 bits per heavy atom. The average molecular weight is 278 g/mol. The van der Waals surface area contributed by atoms with Gasteiger partial charge in [-0.15, -0.1) is 5.11 Å². The molecule has 4 nitrogen and oxygen atoms in total. The highest BCUT2D eigenvalue weighted by molar-refractivity contribution is 5.96. The summed E-state index contributed by atoms with van der Waals surface area (Å²) in [6.07, 6.45) is 0. The molecule has 104 valence electrons. The molecule has 0 radical (unpaired) electrons. The van der Waals surface area contributed by atoms with Crippen LogP contribution < -0.4 is 4.74 Å². The monoisotopic (exact) mass is 278 g/mol. The Labute approximate surface area is 122 Å². The average Bonchev–Trinajstić information content (AvgIpc) is 2.55. The zero-order valence-electron chi connectivity index (χ0n) is 11.5. The third kappa shape index (κ3) is 2.69. The summed E-state index contributed by atoms with van der Waals surface area (Å²) < 4.78 is 5.10. The van der Waals surface area contributed by atoms with Crippen molar-refractivity contribution in [2.45, 2.75) is 0 Å². The van der Waals surface area contributed by atoms with Crippen LogP contribution in [0.1, 0.15) is 0 Å². The summed E-state index contributed by atoms with van der Waals surface area (Å²) in [5, 5.41) is 20.0. The Bertz CT molecular complexity index is 795. The topological polar surface area (TPSA) is 54.2 Å². The molecule has 0 aliphatic rings. The Kier molecular flexibility index (Phi) is 3.51. The molecule has 0 atom stereocenters. The summed E-state index contributed by atoms with van der Waals surface area (Å²) in [5.74, 6) is 1.03. The highest BCUT2D eigenvalue weighted by Gasteiger charge is 2.03. The molecule has 4 heteroatoms. The van der Waals surface area contributed by atoms with Gasteiger partial charge in [0.15, 0.2) is 0 Å². The van der Waals surface area contributed by atoms with Gasteiger partial charge >= 0.3 is 0 Å². The van der Waals surface area contributed by atoms with Crippen LogP contribution in [0.2, 0.25) is 0 Å². The van der Waals surface area contributed by atoms with Gasteiger partial charge in [-0.2, -0.15) is 5.11 Å². The summed E-state index contributed by atoms with van der Waals surface area (Å²) in [7, 11) is 1.62. The van der Waals surface area contributed by atoms with Crippen molar-refractivity contribution < 1.29 is 9.84 Å². The lowest BCUT2D eigenvalue weighted by atomic mass is 10.1. The van der Waals surface area contributed by atoms with Crippen molar-refractivity contribution in [2.24, 2.45) is 10.2 Å². The number of hydrogen-bond donors (Lipinski definition) is 1. The second kappa shape index (κ2) is 5.63. The second-order valence-electron chi connectivity index (χ2n) is 4.55. The lowest BCUT2D eigenvalue weighted by Gasteiger charge is -2.03. The van der Waals surface area contributed by atoms with E-state index in [1.165, 1.54) is 0 Å². The molecule has 0 bridgehead atoms. The molecular weight excluding hydrogens is 264 g/mol. The van der Waals surface area contributed by atoms with E-state index in [1.54, 1.807) is 19.2 Å². The van der Waals surface area contributed by atoms with E-state index < -0.39 is 0 Å². The van der Waals surface area contributed by atoms with Gasteiger partial charge in [0.25, 0.3) is 0 Å². The van der Waals surface area contributed by atoms with Crippen molar-refractivity contribution in [1.29, 1.82) is 0 Å². The van der Waals surface area contributed by atoms with Crippen molar-refractivity contribution in [2.75, 3.05) is 7.11 Å². The number of rotatable bonds is 3. The number of methoxy groups -OCH3 is 1. The number of azo groups is 1. The van der Waals surface area contributed by atoms with Crippen molar-refractivity contribution in [3.05, 3.63) is 60.7 Å². The normalized spacial score (nSPS) is 11.1. The van der Waals surface area contributed by atoms with E-state index in [-0.39, 0.29) is 5.75 Å². The standard InChI is InChI=1S/C17H14N2O2/c1-21-13-8-6-12(7-9-13)18-19-16-10-11-17(20)15-5-3-2-4-14(15)16/h2-11,20H,1H3. The molecule has 0 aliphatic carbocycles. The van der Waals surface area contributed by atoms with E-state index in [4.69, 9.17) is 4.74 Å². The van der Waals surface area contributed by atoms with Gasteiger partial charge < -0.3 is 9.84 Å². The minimum absolute atomic E-state index is 0.244. The number of benzene rings is 3. The Morgan fingerprint density at radius 3 is 2.24 bits per heavy atom. The summed E-state index contributed by atoms with van der Waals surface area (Å²) in [4.78, 5) is 0. The predicted octanol–water partition coefficient (Wildman–Crippen LogP) is 4.97. The summed E-state index contributed by atoms with van der Waals surface area (Å²) in [5.41, 5.74) is 1.46. The first kappa shape index (κ1) is 13.1. The molecule has 0 saturated heterocycles. The Hall–Kier alpha value is -2.88. The van der Waals surface area contributed by atoms with Crippen molar-refractivity contribution in [1.82, 2.24) is 0 Å². The molecule has 3 aromatic rings. The number of fused-ring (bicyclic) bond motifs is 1. The molecule has 0 fully saturated rings. The van der Waals surface area contributed by atoms with Gasteiger partial charge in [-0.1, -0.05) is 24.3 Å². The molecule has 0 amide bonds. The molecule has 0 unspecified atom stereocenters. The fourth-order valence-corrected chi connectivity index (χ4v) is 2.11. The van der Waals surface area contributed by atoms with Crippen LogP contribution in [-0.2, 0) is 0 Å². The second-order valence-corrected chi connectivity index (χ2v) is 4.55. The number of phenols is 1. The van der Waals surface area contributed by atoms with Gasteiger partial charge in [-0.25, -0.2) is 0 Å². The van der Waals surface area contributed by atoms with Crippen LogP contribution in [0.15, 0.2) is 70.9 Å². The zero-order valence-corrected chi connectivity index (χ0v) is 11.5. The van der Waals surface area contributed by atoms with Crippen molar-refractivity contribution in [3.8, 4) is 11.5 Å². The lowest BCUT2D eigenvalue weighted by Crippen LogP contribution is -1.79. The van der Waals surface area contributed by atoms with E-state index in [0.29, 0.717) is 0 Å². The third-order valence-electron chi connectivity index (χ3n) is 3.22. The zero-order chi connectivity index (χ0) is 14.7. The maximum atomic E-state index is 9.85. The van der Waals surface area contributed by atoms with Crippen LogP contribution in [0.4, 0.5) is 11.4 Å². The van der Waals surface area contributed by atoms with Gasteiger partial charge in [-0.05, 0) is 36.4 Å². The molecule has 3 rings (SSSR count). The molecule has 3 aromatic carbocycles. The first-order chi connectivity index (χ1) is 10.3.